The molecule has 0 unspecified atom stereocenters. The molecule has 2 amide bonds. The van der Waals surface area contributed by atoms with Crippen molar-refractivity contribution in [3.63, 3.8) is 0 Å². The van der Waals surface area contributed by atoms with Gasteiger partial charge in [-0.15, -0.1) is 0 Å². The first-order valence-electron chi connectivity index (χ1n) is 10.7. The number of hydrogen-bond donors (Lipinski definition) is 2. The number of benzene rings is 2. The number of nitrogens with one attached hydrogen (secondary N) is 1. The first-order valence-corrected chi connectivity index (χ1v) is 10.7. The van der Waals surface area contributed by atoms with E-state index in [0.29, 0.717) is 42.8 Å². The van der Waals surface area contributed by atoms with Gasteiger partial charge in [-0.1, -0.05) is 6.07 Å². The molecule has 0 saturated carbocycles. The number of amides is 2. The summed E-state index contributed by atoms with van der Waals surface area (Å²) in [6, 6.07) is 7.70. The Morgan fingerprint density at radius 1 is 1.26 bits per heavy atom. The van der Waals surface area contributed by atoms with E-state index in [2.05, 4.69) is 10.3 Å². The van der Waals surface area contributed by atoms with Gasteiger partial charge in [-0.25, -0.2) is 4.98 Å². The summed E-state index contributed by atoms with van der Waals surface area (Å²) in [6.45, 7) is 2.87. The number of fused-ring (bicyclic) bond motifs is 1. The molecule has 4 rings (SSSR count). The van der Waals surface area contributed by atoms with Gasteiger partial charge in [0.1, 0.15) is 6.61 Å². The molecule has 2 aromatic carbocycles. The molecule has 180 valence electrons. The first kappa shape index (κ1) is 23.7. The van der Waals surface area contributed by atoms with Crippen molar-refractivity contribution in [1.82, 2.24) is 9.55 Å². The summed E-state index contributed by atoms with van der Waals surface area (Å²) >= 11 is 0. The number of anilines is 2. The van der Waals surface area contributed by atoms with Crippen LogP contribution in [0.3, 0.4) is 0 Å². The molecule has 0 spiro atoms. The molecule has 2 heterocycles. The molecule has 0 aliphatic carbocycles. The van der Waals surface area contributed by atoms with Crippen molar-refractivity contribution in [3.8, 4) is 0 Å². The van der Waals surface area contributed by atoms with Gasteiger partial charge in [0.05, 0.1) is 23.2 Å². The largest absolute Gasteiger partial charge is 0.416 e. The molecule has 1 fully saturated rings. The molecule has 0 radical (unpaired) electrons. The second kappa shape index (κ2) is 9.43. The van der Waals surface area contributed by atoms with E-state index in [-0.39, 0.29) is 30.6 Å². The molecule has 34 heavy (non-hydrogen) atoms. The van der Waals surface area contributed by atoms with E-state index < -0.39 is 17.6 Å². The number of imidazole rings is 1. The summed E-state index contributed by atoms with van der Waals surface area (Å²) < 4.78 is 46.0. The van der Waals surface area contributed by atoms with E-state index in [0.717, 1.165) is 17.7 Å². The molecule has 0 atom stereocenters. The Labute approximate surface area is 192 Å². The fourth-order valence-corrected chi connectivity index (χ4v) is 3.89. The van der Waals surface area contributed by atoms with Crippen LogP contribution in [0, 0.1) is 6.92 Å². The maximum atomic E-state index is 13.1. The Hall–Kier alpha value is -3.44. The van der Waals surface area contributed by atoms with Crippen molar-refractivity contribution < 1.29 is 32.6 Å². The molecular weight excluding hydrogens is 453 g/mol. The topological polar surface area (TPSA) is 96.7 Å². The third-order valence-corrected chi connectivity index (χ3v) is 5.56. The predicted molar refractivity (Wildman–Crippen MR) is 119 cm³/mol. The molecule has 1 saturated heterocycles. The summed E-state index contributed by atoms with van der Waals surface area (Å²) in [5.41, 5.74) is 1.55. The lowest BCUT2D eigenvalue weighted by molar-refractivity contribution is -0.137. The van der Waals surface area contributed by atoms with Crippen molar-refractivity contribution >= 4 is 34.5 Å². The highest BCUT2D eigenvalue weighted by Gasteiger charge is 2.31. The molecule has 1 aromatic heterocycles. The van der Waals surface area contributed by atoms with Crippen molar-refractivity contribution in [3.05, 3.63) is 53.1 Å². The predicted octanol–water partition coefficient (Wildman–Crippen LogP) is 3.36. The average Bonchev–Trinajstić information content (AvgIpc) is 3.12. The summed E-state index contributed by atoms with van der Waals surface area (Å²) in [6.07, 6.45) is -4.20. The number of nitrogens with zero attached hydrogens (tertiary/aromatic N) is 3. The molecule has 3 aromatic rings. The van der Waals surface area contributed by atoms with Gasteiger partial charge in [0.2, 0.25) is 5.95 Å². The smallest absolute Gasteiger partial charge is 0.396 e. The minimum absolute atomic E-state index is 0.0132. The standard InChI is InChI=1S/C23H23F3N4O4/c1-14-10-19-17(12-18(14)29-7-9-34-13-20(29)32)27-22(30(19)6-3-8-31)28-21(33)15-4-2-5-16(11-15)23(24,25)26/h2,4-5,10-12,31H,3,6-9,13H2,1H3,(H,27,28,33). The molecule has 1 aliphatic heterocycles. The van der Waals surface area contributed by atoms with Crippen LogP contribution in [0.2, 0.25) is 0 Å². The first-order chi connectivity index (χ1) is 16.2. The van der Waals surface area contributed by atoms with Crippen LogP contribution < -0.4 is 10.2 Å². The normalized spacial score (nSPS) is 14.6. The van der Waals surface area contributed by atoms with Gasteiger partial charge in [-0.05, 0) is 49.2 Å². The summed E-state index contributed by atoms with van der Waals surface area (Å²) in [4.78, 5) is 31.2. The van der Waals surface area contributed by atoms with Crippen LogP contribution in [0.15, 0.2) is 36.4 Å². The lowest BCUT2D eigenvalue weighted by Crippen LogP contribution is -2.42. The highest BCUT2D eigenvalue weighted by atomic mass is 19.4. The lowest BCUT2D eigenvalue weighted by atomic mass is 10.1. The molecule has 1 aliphatic rings. The van der Waals surface area contributed by atoms with E-state index in [4.69, 9.17) is 4.74 Å². The fraction of sp³-hybridized carbons (Fsp3) is 0.348. The summed E-state index contributed by atoms with van der Waals surface area (Å²) in [7, 11) is 0. The number of carbonyl (C=O) groups is 2. The van der Waals surface area contributed by atoms with Gasteiger partial charge < -0.3 is 19.3 Å². The number of aliphatic hydroxyl groups excluding tert-OH is 1. The Balaban J connectivity index is 1.71. The maximum absolute atomic E-state index is 13.1. The van der Waals surface area contributed by atoms with Gasteiger partial charge in [-0.2, -0.15) is 13.2 Å². The molecule has 8 nitrogen and oxygen atoms in total. The number of aliphatic hydroxyl groups is 1. The van der Waals surface area contributed by atoms with E-state index in [1.54, 1.807) is 15.5 Å². The Bertz CT molecular complexity index is 1240. The number of halogens is 3. The van der Waals surface area contributed by atoms with Gasteiger partial charge in [0.15, 0.2) is 0 Å². The second-order valence-corrected chi connectivity index (χ2v) is 7.92. The number of aryl methyl sites for hydroxylation is 2. The van der Waals surface area contributed by atoms with E-state index in [9.17, 15) is 27.9 Å². The van der Waals surface area contributed by atoms with Crippen LogP contribution in [0.1, 0.15) is 27.9 Å². The van der Waals surface area contributed by atoms with E-state index in [1.165, 1.54) is 12.1 Å². The lowest BCUT2D eigenvalue weighted by Gasteiger charge is -2.28. The number of morpholine rings is 1. The van der Waals surface area contributed by atoms with E-state index >= 15 is 0 Å². The number of hydrogen-bond acceptors (Lipinski definition) is 5. The van der Waals surface area contributed by atoms with Crippen molar-refractivity contribution in [2.45, 2.75) is 26.1 Å². The quantitative estimate of drug-likeness (QED) is 0.569. The van der Waals surface area contributed by atoms with Crippen LogP contribution in [0.25, 0.3) is 11.0 Å². The Morgan fingerprint density at radius 3 is 2.76 bits per heavy atom. The number of aromatic nitrogens is 2. The van der Waals surface area contributed by atoms with Gasteiger partial charge in [0.25, 0.3) is 11.8 Å². The maximum Gasteiger partial charge on any atom is 0.416 e. The number of rotatable bonds is 6. The molecule has 0 bridgehead atoms. The fourth-order valence-electron chi connectivity index (χ4n) is 3.89. The minimum Gasteiger partial charge on any atom is -0.396 e. The van der Waals surface area contributed by atoms with Crippen LogP contribution in [0.5, 0.6) is 0 Å². The zero-order chi connectivity index (χ0) is 24.5. The Kier molecular flexibility index (Phi) is 6.58. The van der Waals surface area contributed by atoms with Crippen LogP contribution in [-0.2, 0) is 22.3 Å². The summed E-state index contributed by atoms with van der Waals surface area (Å²) in [5.74, 6) is -0.783. The number of ether oxygens (including phenoxy) is 1. The monoisotopic (exact) mass is 476 g/mol. The van der Waals surface area contributed by atoms with Gasteiger partial charge in [0, 0.05) is 30.9 Å². The van der Waals surface area contributed by atoms with Crippen molar-refractivity contribution in [1.29, 1.82) is 0 Å². The Morgan fingerprint density at radius 2 is 2.06 bits per heavy atom. The molecule has 11 heteroatoms. The number of carbonyl (C=O) groups excluding carboxylic acids is 2. The zero-order valence-electron chi connectivity index (χ0n) is 18.4. The minimum atomic E-state index is -4.57. The van der Waals surface area contributed by atoms with Gasteiger partial charge in [-0.3, -0.25) is 14.9 Å². The third-order valence-electron chi connectivity index (χ3n) is 5.56. The SMILES string of the molecule is Cc1cc2c(cc1N1CCOCC1=O)nc(NC(=O)c1cccc(C(F)(F)F)c1)n2CCCO. The molecule has 2 N–H and O–H groups in total. The van der Waals surface area contributed by atoms with Gasteiger partial charge >= 0.3 is 6.18 Å². The van der Waals surface area contributed by atoms with Crippen LogP contribution >= 0.6 is 0 Å². The zero-order valence-corrected chi connectivity index (χ0v) is 18.4. The average molecular weight is 476 g/mol. The van der Waals surface area contributed by atoms with E-state index in [1.807, 2.05) is 13.0 Å². The third kappa shape index (κ3) is 4.75. The highest BCUT2D eigenvalue weighted by molar-refractivity contribution is 6.04. The summed E-state index contributed by atoms with van der Waals surface area (Å²) in [5, 5.41) is 11.9. The highest BCUT2D eigenvalue weighted by Crippen LogP contribution is 2.31. The van der Waals surface area contributed by atoms with Crippen molar-refractivity contribution in [2.75, 3.05) is 36.6 Å². The molecular formula is C23H23F3N4O4. The van der Waals surface area contributed by atoms with Crippen molar-refractivity contribution in [2.24, 2.45) is 0 Å². The van der Waals surface area contributed by atoms with Crippen LogP contribution in [-0.4, -0.2) is 52.8 Å². The second-order valence-electron chi connectivity index (χ2n) is 7.92. The van der Waals surface area contributed by atoms with Crippen LogP contribution in [0.4, 0.5) is 24.8 Å². The number of alkyl halides is 3.